The van der Waals surface area contributed by atoms with Gasteiger partial charge in [0, 0.05) is 0 Å². The molecule has 2 aromatic rings. The van der Waals surface area contributed by atoms with Gasteiger partial charge in [0.05, 0.1) is 17.8 Å². The normalized spacial score (nSPS) is 19.0. The summed E-state index contributed by atoms with van der Waals surface area (Å²) in [5.41, 5.74) is 3.50. The molecule has 3 nitrogen and oxygen atoms in total. The minimum atomic E-state index is -0.519. The van der Waals surface area contributed by atoms with E-state index in [2.05, 4.69) is 48.5 Å². The van der Waals surface area contributed by atoms with Crippen molar-refractivity contribution in [1.29, 1.82) is 0 Å². The number of benzene rings is 2. The van der Waals surface area contributed by atoms with E-state index in [1.54, 1.807) is 0 Å². The molecule has 1 N–H and O–H groups in total. The average molecular weight is 350 g/mol. The van der Waals surface area contributed by atoms with Gasteiger partial charge in [0.25, 0.3) is 0 Å². The van der Waals surface area contributed by atoms with Crippen molar-refractivity contribution in [3.8, 4) is 0 Å². The Labute approximate surface area is 156 Å². The number of rotatable bonds is 5. The van der Waals surface area contributed by atoms with Gasteiger partial charge in [-0.2, -0.15) is 0 Å². The zero-order valence-corrected chi connectivity index (χ0v) is 16.0. The second kappa shape index (κ2) is 7.39. The molecule has 0 spiro atoms. The van der Waals surface area contributed by atoms with Crippen LogP contribution in [-0.4, -0.2) is 30.0 Å². The molecule has 0 atom stereocenters. The third-order valence-electron chi connectivity index (χ3n) is 5.32. The van der Waals surface area contributed by atoms with E-state index in [0.717, 1.165) is 17.5 Å². The van der Waals surface area contributed by atoms with Crippen LogP contribution in [-0.2, 0) is 15.7 Å². The van der Waals surface area contributed by atoms with Gasteiger partial charge in [0.2, 0.25) is 0 Å². The van der Waals surface area contributed by atoms with E-state index in [-0.39, 0.29) is 6.61 Å². The summed E-state index contributed by atoms with van der Waals surface area (Å²) in [6.45, 7) is 7.96. The maximum absolute atomic E-state index is 9.81. The molecule has 1 fully saturated rings. The van der Waals surface area contributed by atoms with Crippen LogP contribution in [0.5, 0.6) is 0 Å². The van der Waals surface area contributed by atoms with Crippen molar-refractivity contribution in [3.05, 3.63) is 76.8 Å². The summed E-state index contributed by atoms with van der Waals surface area (Å²) in [6, 6.07) is 18.8. The van der Waals surface area contributed by atoms with Gasteiger partial charge in [-0.25, -0.2) is 0 Å². The molecule has 4 heteroatoms. The van der Waals surface area contributed by atoms with Crippen LogP contribution in [0.4, 0.5) is 0 Å². The second-order valence-corrected chi connectivity index (χ2v) is 7.87. The summed E-state index contributed by atoms with van der Waals surface area (Å²) in [7, 11) is -0.519. The van der Waals surface area contributed by atoms with Gasteiger partial charge >= 0.3 is 7.12 Å². The molecule has 0 saturated carbocycles. The molecule has 0 aromatic heterocycles. The average Bonchev–Trinajstić information content (AvgIpc) is 2.82. The molecule has 3 rings (SSSR count). The Kier molecular flexibility index (Phi) is 5.38. The molecule has 0 aliphatic carbocycles. The first-order valence-electron chi connectivity index (χ1n) is 9.10. The summed E-state index contributed by atoms with van der Waals surface area (Å²) >= 11 is 0. The zero-order chi connectivity index (χ0) is 18.8. The Balaban J connectivity index is 1.74. The summed E-state index contributed by atoms with van der Waals surface area (Å²) in [4.78, 5) is 0. The largest absolute Gasteiger partial charge is 0.492 e. The van der Waals surface area contributed by atoms with Gasteiger partial charge < -0.3 is 14.4 Å². The van der Waals surface area contributed by atoms with Crippen LogP contribution in [0.1, 0.15) is 44.4 Å². The Bertz CT molecular complexity index is 748. The zero-order valence-electron chi connectivity index (χ0n) is 16.0. The molecule has 1 saturated heterocycles. The minimum Gasteiger partial charge on any atom is -0.400 e. The van der Waals surface area contributed by atoms with Gasteiger partial charge in [0.15, 0.2) is 0 Å². The molecule has 1 heterocycles. The molecular formula is C22H27BO3. The number of aliphatic hydroxyl groups excluding tert-OH is 1. The first kappa shape index (κ1) is 18.9. The minimum absolute atomic E-state index is 0.0946. The predicted octanol–water partition coefficient (Wildman–Crippen LogP) is 4.28. The maximum atomic E-state index is 9.81. The van der Waals surface area contributed by atoms with Crippen LogP contribution in [0.2, 0.25) is 0 Å². The summed E-state index contributed by atoms with van der Waals surface area (Å²) < 4.78 is 12.1. The van der Waals surface area contributed by atoms with Gasteiger partial charge in [-0.1, -0.05) is 60.7 Å². The van der Waals surface area contributed by atoms with Crippen LogP contribution in [0.15, 0.2) is 60.1 Å². The monoisotopic (exact) mass is 350 g/mol. The lowest BCUT2D eigenvalue weighted by molar-refractivity contribution is 0.00578. The first-order valence-corrected chi connectivity index (χ1v) is 9.10. The van der Waals surface area contributed by atoms with E-state index >= 15 is 0 Å². The SMILES string of the molecule is CC1(C)OB(C(=Cc2ccc(Cc3ccccc3)cc2)CO)OC1(C)C. The summed E-state index contributed by atoms with van der Waals surface area (Å²) in [6.07, 6.45) is 2.86. The van der Waals surface area contributed by atoms with Gasteiger partial charge in [0.1, 0.15) is 0 Å². The van der Waals surface area contributed by atoms with Crippen LogP contribution >= 0.6 is 0 Å². The smallest absolute Gasteiger partial charge is 0.400 e. The Morgan fingerprint density at radius 2 is 1.42 bits per heavy atom. The van der Waals surface area contributed by atoms with E-state index in [0.29, 0.717) is 0 Å². The van der Waals surface area contributed by atoms with Crippen LogP contribution in [0.3, 0.4) is 0 Å². The Hall–Kier alpha value is -1.88. The molecule has 2 aromatic carbocycles. The highest BCUT2D eigenvalue weighted by molar-refractivity contribution is 6.55. The van der Waals surface area contributed by atoms with Crippen LogP contribution in [0.25, 0.3) is 6.08 Å². The van der Waals surface area contributed by atoms with Crippen molar-refractivity contribution in [2.24, 2.45) is 0 Å². The molecule has 26 heavy (non-hydrogen) atoms. The maximum Gasteiger partial charge on any atom is 0.492 e. The molecule has 1 aliphatic rings. The summed E-state index contributed by atoms with van der Waals surface area (Å²) in [5.74, 6) is 0. The Morgan fingerprint density at radius 1 is 0.885 bits per heavy atom. The number of hydrogen-bond acceptors (Lipinski definition) is 3. The van der Waals surface area contributed by atoms with Crippen LogP contribution < -0.4 is 0 Å². The van der Waals surface area contributed by atoms with Gasteiger partial charge in [-0.15, -0.1) is 0 Å². The van der Waals surface area contributed by atoms with Crippen LogP contribution in [0, 0.1) is 0 Å². The molecule has 1 aliphatic heterocycles. The molecule has 0 bridgehead atoms. The van der Waals surface area contributed by atoms with Gasteiger partial charge in [-0.05, 0) is 56.3 Å². The third kappa shape index (κ3) is 4.09. The highest BCUT2D eigenvalue weighted by Crippen LogP contribution is 2.38. The lowest BCUT2D eigenvalue weighted by atomic mass is 9.77. The fourth-order valence-electron chi connectivity index (χ4n) is 2.96. The molecule has 0 amide bonds. The fourth-order valence-corrected chi connectivity index (χ4v) is 2.96. The van der Waals surface area contributed by atoms with Crippen molar-refractivity contribution in [2.45, 2.75) is 45.3 Å². The van der Waals surface area contributed by atoms with Crippen molar-refractivity contribution in [1.82, 2.24) is 0 Å². The van der Waals surface area contributed by atoms with Gasteiger partial charge in [-0.3, -0.25) is 0 Å². The lowest BCUT2D eigenvalue weighted by Crippen LogP contribution is -2.41. The third-order valence-corrected chi connectivity index (χ3v) is 5.32. The molecular weight excluding hydrogens is 323 g/mol. The second-order valence-electron chi connectivity index (χ2n) is 7.87. The summed E-state index contributed by atoms with van der Waals surface area (Å²) in [5, 5.41) is 9.81. The lowest BCUT2D eigenvalue weighted by Gasteiger charge is -2.32. The number of hydrogen-bond donors (Lipinski definition) is 1. The molecule has 136 valence electrons. The first-order chi connectivity index (χ1) is 12.3. The van der Waals surface area contributed by atoms with Crippen molar-refractivity contribution >= 4 is 13.2 Å². The topological polar surface area (TPSA) is 38.7 Å². The standard InChI is InChI=1S/C22H27BO3/c1-21(2)22(3,4)26-23(25-21)20(16-24)15-19-12-10-18(11-13-19)14-17-8-6-5-7-9-17/h5-13,15,24H,14,16H2,1-4H3. The van der Waals surface area contributed by atoms with Crippen molar-refractivity contribution < 1.29 is 14.4 Å². The van der Waals surface area contributed by atoms with Crippen molar-refractivity contribution in [3.63, 3.8) is 0 Å². The highest BCUT2D eigenvalue weighted by atomic mass is 16.7. The Morgan fingerprint density at radius 3 is 1.96 bits per heavy atom. The predicted molar refractivity (Wildman–Crippen MR) is 107 cm³/mol. The highest BCUT2D eigenvalue weighted by Gasteiger charge is 2.52. The van der Waals surface area contributed by atoms with E-state index in [4.69, 9.17) is 9.31 Å². The quantitative estimate of drug-likeness (QED) is 0.818. The van der Waals surface area contributed by atoms with E-state index in [1.807, 2.05) is 39.8 Å². The van der Waals surface area contributed by atoms with E-state index in [1.165, 1.54) is 11.1 Å². The van der Waals surface area contributed by atoms with E-state index < -0.39 is 18.3 Å². The van der Waals surface area contributed by atoms with Crippen molar-refractivity contribution in [2.75, 3.05) is 6.61 Å². The number of aliphatic hydroxyl groups is 1. The van der Waals surface area contributed by atoms with E-state index in [9.17, 15) is 5.11 Å². The fraction of sp³-hybridized carbons (Fsp3) is 0.364. The molecule has 0 radical (unpaired) electrons. The molecule has 0 unspecified atom stereocenters.